The van der Waals surface area contributed by atoms with E-state index < -0.39 is 0 Å². The Labute approximate surface area is 156 Å². The number of benzene rings is 1. The van der Waals surface area contributed by atoms with E-state index in [-0.39, 0.29) is 18.4 Å². The summed E-state index contributed by atoms with van der Waals surface area (Å²) in [7, 11) is 0. The second kappa shape index (κ2) is 7.69. The average Bonchev–Trinajstić information content (AvgIpc) is 3.37. The summed E-state index contributed by atoms with van der Waals surface area (Å²) in [4.78, 5) is 20.5. The van der Waals surface area contributed by atoms with Gasteiger partial charge in [0.25, 0.3) is 0 Å². The lowest BCUT2D eigenvalue weighted by Crippen LogP contribution is -2.27. The molecular formula is C19H22N6O2. The largest absolute Gasteiger partial charge is 0.350 e. The van der Waals surface area contributed by atoms with Gasteiger partial charge in [0.1, 0.15) is 6.33 Å². The summed E-state index contributed by atoms with van der Waals surface area (Å²) in [5.74, 6) is 1.14. The number of rotatable bonds is 6. The zero-order valence-electron chi connectivity index (χ0n) is 15.2. The lowest BCUT2D eigenvalue weighted by atomic mass is 9.89. The quantitative estimate of drug-likeness (QED) is 0.694. The Morgan fingerprint density at radius 3 is 2.96 bits per heavy atom. The molecule has 1 aliphatic carbocycles. The molecule has 0 fully saturated rings. The summed E-state index contributed by atoms with van der Waals surface area (Å²) in [6, 6.07) is 6.53. The highest BCUT2D eigenvalue weighted by molar-refractivity contribution is 5.76. The van der Waals surface area contributed by atoms with Crippen LogP contribution in [0.2, 0.25) is 0 Å². The maximum Gasteiger partial charge on any atom is 0.239 e. The number of carbonyl (C=O) groups is 1. The van der Waals surface area contributed by atoms with Crippen molar-refractivity contribution in [2.45, 2.75) is 51.5 Å². The second-order valence-electron chi connectivity index (χ2n) is 6.87. The van der Waals surface area contributed by atoms with Gasteiger partial charge >= 0.3 is 0 Å². The van der Waals surface area contributed by atoms with Gasteiger partial charge in [0, 0.05) is 12.8 Å². The number of amides is 1. The summed E-state index contributed by atoms with van der Waals surface area (Å²) < 4.78 is 5.16. The molecule has 8 nitrogen and oxygen atoms in total. The molecule has 0 aliphatic heterocycles. The number of aromatic amines is 1. The van der Waals surface area contributed by atoms with Crippen LogP contribution in [0.3, 0.4) is 0 Å². The Kier molecular flexibility index (Phi) is 4.95. The first kappa shape index (κ1) is 17.4. The highest BCUT2D eigenvalue weighted by Gasteiger charge is 2.16. The van der Waals surface area contributed by atoms with Crippen molar-refractivity contribution in [3.05, 3.63) is 47.1 Å². The molecule has 8 heteroatoms. The molecule has 1 amide bonds. The van der Waals surface area contributed by atoms with E-state index in [2.05, 4.69) is 48.8 Å². The minimum absolute atomic E-state index is 0.0304. The van der Waals surface area contributed by atoms with Crippen LogP contribution in [0.25, 0.3) is 11.6 Å². The Balaban J connectivity index is 1.31. The van der Waals surface area contributed by atoms with E-state index in [0.29, 0.717) is 24.0 Å². The summed E-state index contributed by atoms with van der Waals surface area (Å²) in [6.45, 7) is 2.01. The Hall–Kier alpha value is -3.03. The van der Waals surface area contributed by atoms with Crippen LogP contribution in [0, 0.1) is 0 Å². The average molecular weight is 366 g/mol. The Bertz CT molecular complexity index is 918. The maximum atomic E-state index is 12.3. The topological polar surface area (TPSA) is 110 Å². The molecule has 1 unspecified atom stereocenters. The number of fused-ring (bicyclic) bond motifs is 1. The number of nitrogens with one attached hydrogen (secondary N) is 2. The van der Waals surface area contributed by atoms with E-state index in [4.69, 9.17) is 4.52 Å². The van der Waals surface area contributed by atoms with Crippen LogP contribution in [-0.2, 0) is 24.1 Å². The van der Waals surface area contributed by atoms with Gasteiger partial charge in [-0.3, -0.25) is 9.89 Å². The Morgan fingerprint density at radius 2 is 2.15 bits per heavy atom. The molecule has 1 aliphatic rings. The number of aryl methyl sites for hydroxylation is 3. The van der Waals surface area contributed by atoms with Crippen molar-refractivity contribution in [3.63, 3.8) is 0 Å². The molecule has 2 N–H and O–H groups in total. The fraction of sp³-hybridized carbons (Fsp3) is 0.421. The molecule has 0 spiro atoms. The SMILES string of the molecule is CC(NC(=O)CCc1nc(-c2ncn[nH]2)no1)c1ccc2c(c1)CCCC2. The van der Waals surface area contributed by atoms with Crippen LogP contribution in [-0.4, -0.2) is 31.2 Å². The van der Waals surface area contributed by atoms with Gasteiger partial charge in [-0.15, -0.1) is 0 Å². The van der Waals surface area contributed by atoms with Gasteiger partial charge in [-0.2, -0.15) is 10.1 Å². The minimum Gasteiger partial charge on any atom is -0.350 e. The molecule has 4 rings (SSSR count). The van der Waals surface area contributed by atoms with Crippen molar-refractivity contribution in [2.24, 2.45) is 0 Å². The molecule has 27 heavy (non-hydrogen) atoms. The lowest BCUT2D eigenvalue weighted by molar-refractivity contribution is -0.121. The molecule has 0 saturated carbocycles. The maximum absolute atomic E-state index is 12.3. The van der Waals surface area contributed by atoms with E-state index >= 15 is 0 Å². The van der Waals surface area contributed by atoms with Gasteiger partial charge in [0.15, 0.2) is 5.82 Å². The van der Waals surface area contributed by atoms with E-state index in [9.17, 15) is 4.79 Å². The molecule has 0 radical (unpaired) electrons. The number of hydrogen-bond donors (Lipinski definition) is 2. The summed E-state index contributed by atoms with van der Waals surface area (Å²) in [5.41, 5.74) is 4.02. The number of hydrogen-bond acceptors (Lipinski definition) is 6. The molecule has 140 valence electrons. The van der Waals surface area contributed by atoms with Gasteiger partial charge in [0.2, 0.25) is 17.6 Å². The number of nitrogens with zero attached hydrogens (tertiary/aromatic N) is 4. The van der Waals surface area contributed by atoms with Crippen molar-refractivity contribution < 1.29 is 9.32 Å². The van der Waals surface area contributed by atoms with Gasteiger partial charge < -0.3 is 9.84 Å². The normalized spacial score (nSPS) is 14.6. The standard InChI is InChI=1S/C19H22N6O2/c1-12(14-7-6-13-4-2-3-5-15(13)10-14)22-16(26)8-9-17-23-19(25-27-17)18-20-11-21-24-18/h6-7,10-12H,2-5,8-9H2,1H3,(H,22,26)(H,20,21,24). The van der Waals surface area contributed by atoms with Crippen LogP contribution >= 0.6 is 0 Å². The van der Waals surface area contributed by atoms with Crippen molar-refractivity contribution in [2.75, 3.05) is 0 Å². The van der Waals surface area contributed by atoms with Gasteiger partial charge in [-0.25, -0.2) is 4.98 Å². The van der Waals surface area contributed by atoms with Gasteiger partial charge in [-0.05, 0) is 49.3 Å². The van der Waals surface area contributed by atoms with E-state index in [1.54, 1.807) is 0 Å². The first-order chi connectivity index (χ1) is 13.2. The predicted octanol–water partition coefficient (Wildman–Crippen LogP) is 2.54. The first-order valence-corrected chi connectivity index (χ1v) is 9.28. The van der Waals surface area contributed by atoms with Crippen molar-refractivity contribution in [1.82, 2.24) is 30.6 Å². The fourth-order valence-electron chi connectivity index (χ4n) is 3.41. The molecule has 1 aromatic carbocycles. The third-order valence-corrected chi connectivity index (χ3v) is 4.91. The molecule has 0 bridgehead atoms. The van der Waals surface area contributed by atoms with Gasteiger partial charge in [-0.1, -0.05) is 23.4 Å². The van der Waals surface area contributed by atoms with Crippen LogP contribution in [0.1, 0.15) is 54.8 Å². The molecule has 3 aromatic rings. The minimum atomic E-state index is -0.0420. The molecule has 2 heterocycles. The number of H-pyrrole nitrogens is 1. The van der Waals surface area contributed by atoms with Crippen LogP contribution in [0.15, 0.2) is 29.0 Å². The van der Waals surface area contributed by atoms with Crippen LogP contribution in [0.4, 0.5) is 0 Å². The number of carbonyl (C=O) groups excluding carboxylic acids is 1. The zero-order chi connectivity index (χ0) is 18.6. The molecule has 1 atom stereocenters. The summed E-state index contributed by atoms with van der Waals surface area (Å²) >= 11 is 0. The Morgan fingerprint density at radius 1 is 1.30 bits per heavy atom. The predicted molar refractivity (Wildman–Crippen MR) is 97.6 cm³/mol. The van der Waals surface area contributed by atoms with Gasteiger partial charge in [0.05, 0.1) is 6.04 Å². The van der Waals surface area contributed by atoms with E-state index in [0.717, 1.165) is 18.4 Å². The van der Waals surface area contributed by atoms with E-state index in [1.807, 2.05) is 6.92 Å². The molecular weight excluding hydrogens is 344 g/mol. The lowest BCUT2D eigenvalue weighted by Gasteiger charge is -2.20. The van der Waals surface area contributed by atoms with Crippen molar-refractivity contribution in [3.8, 4) is 11.6 Å². The van der Waals surface area contributed by atoms with E-state index in [1.165, 1.54) is 30.3 Å². The molecule has 0 saturated heterocycles. The third kappa shape index (κ3) is 4.05. The van der Waals surface area contributed by atoms with Crippen LogP contribution < -0.4 is 5.32 Å². The fourth-order valence-corrected chi connectivity index (χ4v) is 3.41. The first-order valence-electron chi connectivity index (χ1n) is 9.28. The monoisotopic (exact) mass is 366 g/mol. The summed E-state index contributed by atoms with van der Waals surface area (Å²) in [6.07, 6.45) is 6.85. The highest BCUT2D eigenvalue weighted by atomic mass is 16.5. The zero-order valence-corrected chi connectivity index (χ0v) is 15.2. The third-order valence-electron chi connectivity index (χ3n) is 4.91. The van der Waals surface area contributed by atoms with Crippen molar-refractivity contribution >= 4 is 5.91 Å². The van der Waals surface area contributed by atoms with Crippen LogP contribution in [0.5, 0.6) is 0 Å². The summed E-state index contributed by atoms with van der Waals surface area (Å²) in [5, 5.41) is 13.3. The highest BCUT2D eigenvalue weighted by Crippen LogP contribution is 2.24. The second-order valence-corrected chi connectivity index (χ2v) is 6.87. The van der Waals surface area contributed by atoms with Crippen molar-refractivity contribution in [1.29, 1.82) is 0 Å². The molecule has 2 aromatic heterocycles. The number of aromatic nitrogens is 5. The smallest absolute Gasteiger partial charge is 0.239 e.